The van der Waals surface area contributed by atoms with Crippen molar-refractivity contribution in [2.24, 2.45) is 5.73 Å². The zero-order valence-corrected chi connectivity index (χ0v) is 14.7. The van der Waals surface area contributed by atoms with Crippen molar-refractivity contribution >= 4 is 27.3 Å². The van der Waals surface area contributed by atoms with Gasteiger partial charge in [0.15, 0.2) is 0 Å². The molecule has 0 bridgehead atoms. The molecule has 6 nitrogen and oxygen atoms in total. The summed E-state index contributed by atoms with van der Waals surface area (Å²) in [4.78, 5) is 13.4. The molecule has 0 radical (unpaired) electrons. The summed E-state index contributed by atoms with van der Waals surface area (Å²) in [6.07, 6.45) is 0.725. The summed E-state index contributed by atoms with van der Waals surface area (Å²) in [7, 11) is -3.63. The van der Waals surface area contributed by atoms with Crippen LogP contribution in [0, 0.1) is 0 Å². The van der Waals surface area contributed by atoms with Gasteiger partial charge in [-0.15, -0.1) is 11.3 Å². The van der Waals surface area contributed by atoms with Crippen molar-refractivity contribution in [3.8, 4) is 0 Å². The van der Waals surface area contributed by atoms with E-state index in [1.165, 1.54) is 21.3 Å². The Hall–Kier alpha value is -1.74. The van der Waals surface area contributed by atoms with Crippen LogP contribution in [0.4, 0.5) is 0 Å². The smallest absolute Gasteiger partial charge is 0.251 e. The summed E-state index contributed by atoms with van der Waals surface area (Å²) in [5.74, 6) is -0.323. The highest BCUT2D eigenvalue weighted by atomic mass is 32.2. The van der Waals surface area contributed by atoms with E-state index in [4.69, 9.17) is 5.73 Å². The number of nitrogens with one attached hydrogen (secondary N) is 1. The standard InChI is InChI=1S/C16H19N3O3S2/c17-6-7-18-16(20)12-2-1-3-14(10-12)24(21,22)19-8-4-15-13(11-19)5-9-23-15/h1-3,5,9-10H,4,6-8,11,17H2,(H,18,20). The second-order valence-corrected chi connectivity index (χ2v) is 8.47. The SMILES string of the molecule is NCCNC(=O)c1cccc(S(=O)(=O)N2CCc3sccc3C2)c1. The van der Waals surface area contributed by atoms with Gasteiger partial charge < -0.3 is 11.1 Å². The minimum absolute atomic E-state index is 0.140. The van der Waals surface area contributed by atoms with Crippen LogP contribution in [0.15, 0.2) is 40.6 Å². The summed E-state index contributed by atoms with van der Waals surface area (Å²) in [6, 6.07) is 8.10. The van der Waals surface area contributed by atoms with Crippen LogP contribution in [-0.2, 0) is 23.0 Å². The number of thiophene rings is 1. The molecular formula is C16H19N3O3S2. The molecule has 0 unspecified atom stereocenters. The Bertz CT molecular complexity index is 846. The van der Waals surface area contributed by atoms with Crippen LogP contribution in [0.3, 0.4) is 0 Å². The average molecular weight is 365 g/mol. The number of carbonyl (C=O) groups excluding carboxylic acids is 1. The largest absolute Gasteiger partial charge is 0.351 e. The van der Waals surface area contributed by atoms with E-state index in [0.717, 1.165) is 12.0 Å². The molecule has 0 fully saturated rings. The van der Waals surface area contributed by atoms with Gasteiger partial charge in [0.2, 0.25) is 10.0 Å². The fraction of sp³-hybridized carbons (Fsp3) is 0.312. The van der Waals surface area contributed by atoms with Crippen LogP contribution >= 0.6 is 11.3 Å². The fourth-order valence-corrected chi connectivity index (χ4v) is 5.02. The molecule has 128 valence electrons. The van der Waals surface area contributed by atoms with Gasteiger partial charge in [-0.2, -0.15) is 4.31 Å². The van der Waals surface area contributed by atoms with Gasteiger partial charge >= 0.3 is 0 Å². The molecule has 0 atom stereocenters. The first-order valence-corrected chi connectivity index (χ1v) is 9.98. The summed E-state index contributed by atoms with van der Waals surface area (Å²) in [5.41, 5.74) is 6.74. The van der Waals surface area contributed by atoms with Crippen LogP contribution < -0.4 is 11.1 Å². The van der Waals surface area contributed by atoms with Crippen LogP contribution in [0.25, 0.3) is 0 Å². The average Bonchev–Trinajstić information content (AvgIpc) is 3.07. The van der Waals surface area contributed by atoms with E-state index in [1.807, 2.05) is 11.4 Å². The summed E-state index contributed by atoms with van der Waals surface area (Å²) >= 11 is 1.66. The highest BCUT2D eigenvalue weighted by Gasteiger charge is 2.29. The Morgan fingerprint density at radius 2 is 2.17 bits per heavy atom. The molecule has 1 aliphatic heterocycles. The predicted molar refractivity (Wildman–Crippen MR) is 93.4 cm³/mol. The highest BCUT2D eigenvalue weighted by Crippen LogP contribution is 2.28. The maximum absolute atomic E-state index is 12.9. The molecule has 1 aliphatic rings. The fourth-order valence-electron chi connectivity index (χ4n) is 2.66. The minimum Gasteiger partial charge on any atom is -0.351 e. The van der Waals surface area contributed by atoms with Gasteiger partial charge in [0.05, 0.1) is 4.90 Å². The van der Waals surface area contributed by atoms with E-state index in [1.54, 1.807) is 23.5 Å². The highest BCUT2D eigenvalue weighted by molar-refractivity contribution is 7.89. The molecule has 1 aromatic carbocycles. The maximum Gasteiger partial charge on any atom is 0.251 e. The molecular weight excluding hydrogens is 346 g/mol. The first-order chi connectivity index (χ1) is 11.5. The molecule has 8 heteroatoms. The molecule has 2 heterocycles. The lowest BCUT2D eigenvalue weighted by Crippen LogP contribution is -2.35. The lowest BCUT2D eigenvalue weighted by atomic mass is 10.1. The van der Waals surface area contributed by atoms with Crippen molar-refractivity contribution in [1.29, 1.82) is 0 Å². The van der Waals surface area contributed by atoms with Crippen molar-refractivity contribution in [1.82, 2.24) is 9.62 Å². The Labute approximate surface area is 145 Å². The van der Waals surface area contributed by atoms with Crippen molar-refractivity contribution in [3.63, 3.8) is 0 Å². The second kappa shape index (κ2) is 7.02. The van der Waals surface area contributed by atoms with Crippen LogP contribution in [0.5, 0.6) is 0 Å². The van der Waals surface area contributed by atoms with Gasteiger partial charge in [0.25, 0.3) is 5.91 Å². The number of nitrogens with two attached hydrogens (primary N) is 1. The number of hydrogen-bond acceptors (Lipinski definition) is 5. The van der Waals surface area contributed by atoms with Crippen molar-refractivity contribution < 1.29 is 13.2 Å². The molecule has 0 saturated carbocycles. The Morgan fingerprint density at radius 1 is 1.33 bits per heavy atom. The van der Waals surface area contributed by atoms with Gasteiger partial charge in [-0.3, -0.25) is 4.79 Å². The van der Waals surface area contributed by atoms with Crippen molar-refractivity contribution in [3.05, 3.63) is 51.7 Å². The predicted octanol–water partition coefficient (Wildman–Crippen LogP) is 1.18. The van der Waals surface area contributed by atoms with Gasteiger partial charge in [0, 0.05) is 36.6 Å². The molecule has 2 aromatic rings. The maximum atomic E-state index is 12.9. The molecule has 1 aromatic heterocycles. The number of carbonyl (C=O) groups is 1. The number of amides is 1. The van der Waals surface area contributed by atoms with Gasteiger partial charge in [-0.05, 0) is 41.6 Å². The summed E-state index contributed by atoms with van der Waals surface area (Å²) in [5, 5.41) is 4.63. The third-order valence-electron chi connectivity index (χ3n) is 3.94. The van der Waals surface area contributed by atoms with Crippen molar-refractivity contribution in [2.75, 3.05) is 19.6 Å². The Balaban J connectivity index is 1.84. The summed E-state index contributed by atoms with van der Waals surface area (Å²) in [6.45, 7) is 1.52. The van der Waals surface area contributed by atoms with Crippen LogP contribution in [-0.4, -0.2) is 38.3 Å². The molecule has 3 rings (SSSR count). The van der Waals surface area contributed by atoms with E-state index in [9.17, 15) is 13.2 Å². The van der Waals surface area contributed by atoms with E-state index < -0.39 is 10.0 Å². The topological polar surface area (TPSA) is 92.5 Å². The van der Waals surface area contributed by atoms with Gasteiger partial charge in [-0.25, -0.2) is 8.42 Å². The quantitative estimate of drug-likeness (QED) is 0.832. The molecule has 0 saturated heterocycles. The van der Waals surface area contributed by atoms with E-state index >= 15 is 0 Å². The lowest BCUT2D eigenvalue weighted by molar-refractivity contribution is 0.0954. The molecule has 0 aliphatic carbocycles. The summed E-state index contributed by atoms with van der Waals surface area (Å²) < 4.78 is 27.2. The van der Waals surface area contributed by atoms with Gasteiger partial charge in [0.1, 0.15) is 0 Å². The Morgan fingerprint density at radius 3 is 2.96 bits per heavy atom. The molecule has 1 amide bonds. The first-order valence-electron chi connectivity index (χ1n) is 7.66. The first kappa shape index (κ1) is 17.1. The van der Waals surface area contributed by atoms with Crippen LogP contribution in [0.2, 0.25) is 0 Å². The number of sulfonamides is 1. The molecule has 0 spiro atoms. The number of nitrogens with zero attached hydrogens (tertiary/aromatic N) is 1. The minimum atomic E-state index is -3.63. The van der Waals surface area contributed by atoms with E-state index in [2.05, 4.69) is 5.32 Å². The van der Waals surface area contributed by atoms with Crippen LogP contribution in [0.1, 0.15) is 20.8 Å². The van der Waals surface area contributed by atoms with Gasteiger partial charge in [-0.1, -0.05) is 6.07 Å². The second-order valence-electron chi connectivity index (χ2n) is 5.53. The zero-order valence-electron chi connectivity index (χ0n) is 13.1. The number of benzene rings is 1. The number of rotatable bonds is 5. The number of fused-ring (bicyclic) bond motifs is 1. The number of hydrogen-bond donors (Lipinski definition) is 2. The lowest BCUT2D eigenvalue weighted by Gasteiger charge is -2.26. The third-order valence-corrected chi connectivity index (χ3v) is 6.80. The third kappa shape index (κ3) is 3.36. The van der Waals surface area contributed by atoms with E-state index in [-0.39, 0.29) is 10.8 Å². The monoisotopic (exact) mass is 365 g/mol. The molecule has 24 heavy (non-hydrogen) atoms. The molecule has 3 N–H and O–H groups in total. The van der Waals surface area contributed by atoms with Crippen molar-refractivity contribution in [2.45, 2.75) is 17.9 Å². The zero-order chi connectivity index (χ0) is 17.2. The Kier molecular flexibility index (Phi) is 5.00. The normalized spacial score (nSPS) is 15.0. The van der Waals surface area contributed by atoms with E-state index in [0.29, 0.717) is 31.7 Å².